The second kappa shape index (κ2) is 9.68. The number of nitrogens with zero attached hydrogens (tertiary/aromatic N) is 1. The van der Waals surface area contributed by atoms with E-state index in [4.69, 9.17) is 32.7 Å². The zero-order valence-corrected chi connectivity index (χ0v) is 18.9. The van der Waals surface area contributed by atoms with Gasteiger partial charge in [-0.25, -0.2) is 0 Å². The third-order valence-electron chi connectivity index (χ3n) is 4.44. The Balaban J connectivity index is 1.57. The van der Waals surface area contributed by atoms with Crippen LogP contribution in [0.2, 0.25) is 10.0 Å². The van der Waals surface area contributed by atoms with E-state index in [1.54, 1.807) is 36.4 Å². The first-order valence-corrected chi connectivity index (χ1v) is 10.4. The second-order valence-electron chi connectivity index (χ2n) is 6.51. The van der Waals surface area contributed by atoms with E-state index in [2.05, 4.69) is 21.2 Å². The van der Waals surface area contributed by atoms with Gasteiger partial charge in [-0.3, -0.25) is 14.4 Å². The number of halogens is 3. The Morgan fingerprint density at radius 3 is 2.70 bits per heavy atom. The molecular weight excluding hydrogens is 499 g/mol. The van der Waals surface area contributed by atoms with Gasteiger partial charge in [0.15, 0.2) is 6.61 Å². The molecule has 1 fully saturated rings. The first-order chi connectivity index (χ1) is 14.3. The van der Waals surface area contributed by atoms with Crippen molar-refractivity contribution in [3.8, 4) is 5.75 Å². The highest BCUT2D eigenvalue weighted by atomic mass is 79.9. The highest BCUT2D eigenvalue weighted by Gasteiger charge is 2.37. The predicted octanol–water partition coefficient (Wildman–Crippen LogP) is 4.30. The molecular formula is C20H17BrCl2N2O5. The van der Waals surface area contributed by atoms with Crippen LogP contribution in [0.1, 0.15) is 6.42 Å². The summed E-state index contributed by atoms with van der Waals surface area (Å²) in [6.45, 7) is -0.365. The number of carbonyl (C=O) groups excluding carboxylic acids is 3. The molecule has 1 aliphatic heterocycles. The SMILES string of the molecule is COc1ccc(Cl)cc1N1C[C@@H](C(=O)OCC(=O)Nc2ccc(Br)c(Cl)c2)CC1=O. The topological polar surface area (TPSA) is 84.9 Å². The van der Waals surface area contributed by atoms with Crippen molar-refractivity contribution in [2.75, 3.05) is 30.5 Å². The Bertz CT molecular complexity index is 1000. The Hall–Kier alpha value is -2.29. The number of methoxy groups -OCH3 is 1. The summed E-state index contributed by atoms with van der Waals surface area (Å²) < 4.78 is 11.1. The zero-order chi connectivity index (χ0) is 21.8. The van der Waals surface area contributed by atoms with Crippen LogP contribution in [0, 0.1) is 5.92 Å². The Morgan fingerprint density at radius 2 is 2.00 bits per heavy atom. The van der Waals surface area contributed by atoms with Crippen LogP contribution in [0.15, 0.2) is 40.9 Å². The van der Waals surface area contributed by atoms with Gasteiger partial charge in [0.2, 0.25) is 5.91 Å². The van der Waals surface area contributed by atoms with Crippen LogP contribution in [0.5, 0.6) is 5.75 Å². The van der Waals surface area contributed by atoms with Gasteiger partial charge in [0.1, 0.15) is 5.75 Å². The molecule has 7 nitrogen and oxygen atoms in total. The number of rotatable bonds is 6. The van der Waals surface area contributed by atoms with E-state index >= 15 is 0 Å². The van der Waals surface area contributed by atoms with Crippen LogP contribution in [-0.2, 0) is 19.1 Å². The third kappa shape index (κ3) is 5.24. The van der Waals surface area contributed by atoms with Crippen molar-refractivity contribution >= 4 is 68.3 Å². The van der Waals surface area contributed by atoms with E-state index in [0.29, 0.717) is 31.6 Å². The molecule has 0 aliphatic carbocycles. The summed E-state index contributed by atoms with van der Waals surface area (Å²) in [5.41, 5.74) is 0.953. The van der Waals surface area contributed by atoms with Crippen LogP contribution in [0.25, 0.3) is 0 Å². The largest absolute Gasteiger partial charge is 0.495 e. The average molecular weight is 516 g/mol. The summed E-state index contributed by atoms with van der Waals surface area (Å²) in [6.07, 6.45) is -0.0293. The fourth-order valence-corrected chi connectivity index (χ4v) is 3.59. The lowest BCUT2D eigenvalue weighted by Crippen LogP contribution is -2.28. The van der Waals surface area contributed by atoms with E-state index in [9.17, 15) is 14.4 Å². The number of anilines is 2. The number of nitrogens with one attached hydrogen (secondary N) is 1. The fourth-order valence-electron chi connectivity index (χ4n) is 3.00. The van der Waals surface area contributed by atoms with Gasteiger partial charge in [0.05, 0.1) is 23.7 Å². The van der Waals surface area contributed by atoms with Crippen molar-refractivity contribution in [2.24, 2.45) is 5.92 Å². The normalized spacial score (nSPS) is 15.8. The molecule has 1 atom stereocenters. The predicted molar refractivity (Wildman–Crippen MR) is 117 cm³/mol. The standard InChI is InChI=1S/C20H17BrCl2N2O5/c1-29-17-5-2-12(22)7-16(17)25-9-11(6-19(25)27)20(28)30-10-18(26)24-13-3-4-14(21)15(23)8-13/h2-5,7-8,11H,6,9-10H2,1H3,(H,24,26)/t11-/m0/s1. The van der Waals surface area contributed by atoms with Gasteiger partial charge in [0.25, 0.3) is 5.91 Å². The van der Waals surface area contributed by atoms with Gasteiger partial charge in [-0.2, -0.15) is 0 Å². The molecule has 0 aromatic heterocycles. The second-order valence-corrected chi connectivity index (χ2v) is 8.20. The lowest BCUT2D eigenvalue weighted by molar-refractivity contribution is -0.151. The monoisotopic (exact) mass is 514 g/mol. The zero-order valence-electron chi connectivity index (χ0n) is 15.8. The number of hydrogen-bond donors (Lipinski definition) is 1. The summed E-state index contributed by atoms with van der Waals surface area (Å²) in [4.78, 5) is 38.3. The number of esters is 1. The molecule has 0 saturated carbocycles. The third-order valence-corrected chi connectivity index (χ3v) is 5.91. The maximum absolute atomic E-state index is 12.4. The minimum atomic E-state index is -0.698. The van der Waals surface area contributed by atoms with E-state index in [1.807, 2.05) is 0 Å². The highest BCUT2D eigenvalue weighted by molar-refractivity contribution is 9.10. The van der Waals surface area contributed by atoms with Crippen molar-refractivity contribution < 1.29 is 23.9 Å². The molecule has 2 aromatic rings. The quantitative estimate of drug-likeness (QED) is 0.580. The van der Waals surface area contributed by atoms with Gasteiger partial charge in [-0.15, -0.1) is 0 Å². The molecule has 1 N–H and O–H groups in total. The lowest BCUT2D eigenvalue weighted by atomic mass is 10.1. The molecule has 30 heavy (non-hydrogen) atoms. The summed E-state index contributed by atoms with van der Waals surface area (Å²) in [5, 5.41) is 3.47. The van der Waals surface area contributed by atoms with Crippen molar-refractivity contribution in [1.29, 1.82) is 0 Å². The van der Waals surface area contributed by atoms with Crippen molar-refractivity contribution in [3.05, 3.63) is 50.9 Å². The highest BCUT2D eigenvalue weighted by Crippen LogP contribution is 2.35. The van der Waals surface area contributed by atoms with Gasteiger partial charge in [-0.05, 0) is 52.3 Å². The molecule has 0 unspecified atom stereocenters. The van der Waals surface area contributed by atoms with E-state index in [1.165, 1.54) is 12.0 Å². The molecule has 1 aliphatic rings. The Labute approximate surface area is 191 Å². The van der Waals surface area contributed by atoms with Gasteiger partial charge in [-0.1, -0.05) is 23.2 Å². The van der Waals surface area contributed by atoms with Crippen molar-refractivity contribution in [1.82, 2.24) is 0 Å². The average Bonchev–Trinajstić information content (AvgIpc) is 3.10. The van der Waals surface area contributed by atoms with Gasteiger partial charge in [0, 0.05) is 28.1 Å². The minimum absolute atomic E-state index is 0.0293. The molecule has 0 spiro atoms. The summed E-state index contributed by atoms with van der Waals surface area (Å²) in [6, 6.07) is 9.80. The van der Waals surface area contributed by atoms with Crippen molar-refractivity contribution in [2.45, 2.75) is 6.42 Å². The molecule has 158 valence electrons. The van der Waals surface area contributed by atoms with Crippen molar-refractivity contribution in [3.63, 3.8) is 0 Å². The first kappa shape index (κ1) is 22.4. The fraction of sp³-hybridized carbons (Fsp3) is 0.250. The van der Waals surface area contributed by atoms with E-state index in [0.717, 1.165) is 0 Å². The smallest absolute Gasteiger partial charge is 0.311 e. The molecule has 3 rings (SSSR count). The number of carbonyl (C=O) groups is 3. The summed E-state index contributed by atoms with van der Waals surface area (Å²) >= 11 is 15.3. The maximum Gasteiger partial charge on any atom is 0.311 e. The van der Waals surface area contributed by atoms with Crippen LogP contribution in [-0.4, -0.2) is 38.0 Å². The summed E-state index contributed by atoms with van der Waals surface area (Å²) in [7, 11) is 1.48. The molecule has 0 bridgehead atoms. The molecule has 2 aromatic carbocycles. The van der Waals surface area contributed by atoms with Crippen LogP contribution >= 0.6 is 39.1 Å². The number of ether oxygens (including phenoxy) is 2. The molecule has 1 saturated heterocycles. The Kier molecular flexibility index (Phi) is 7.23. The summed E-state index contributed by atoms with van der Waals surface area (Å²) in [5.74, 6) is -1.63. The minimum Gasteiger partial charge on any atom is -0.495 e. The Morgan fingerprint density at radius 1 is 1.23 bits per heavy atom. The molecule has 2 amide bonds. The molecule has 0 radical (unpaired) electrons. The molecule has 10 heteroatoms. The van der Waals surface area contributed by atoms with Gasteiger partial charge >= 0.3 is 5.97 Å². The van der Waals surface area contributed by atoms with Crippen LogP contribution in [0.3, 0.4) is 0 Å². The number of amides is 2. The first-order valence-electron chi connectivity index (χ1n) is 8.84. The van der Waals surface area contributed by atoms with E-state index in [-0.39, 0.29) is 18.9 Å². The van der Waals surface area contributed by atoms with Gasteiger partial charge < -0.3 is 19.7 Å². The lowest BCUT2D eigenvalue weighted by Gasteiger charge is -2.19. The number of hydrogen-bond acceptors (Lipinski definition) is 5. The molecule has 1 heterocycles. The van der Waals surface area contributed by atoms with Crippen LogP contribution in [0.4, 0.5) is 11.4 Å². The van der Waals surface area contributed by atoms with E-state index < -0.39 is 24.4 Å². The maximum atomic E-state index is 12.4. The van der Waals surface area contributed by atoms with Crippen LogP contribution < -0.4 is 15.0 Å². The number of benzene rings is 2.